The van der Waals surface area contributed by atoms with E-state index in [9.17, 15) is 4.79 Å². The highest BCUT2D eigenvalue weighted by molar-refractivity contribution is 6.35. The predicted molar refractivity (Wildman–Crippen MR) is 80.7 cm³/mol. The summed E-state index contributed by atoms with van der Waals surface area (Å²) < 4.78 is 0. The van der Waals surface area contributed by atoms with Gasteiger partial charge in [0.15, 0.2) is 0 Å². The van der Waals surface area contributed by atoms with Crippen molar-refractivity contribution in [1.29, 1.82) is 0 Å². The number of nitrogens with one attached hydrogen (secondary N) is 2. The van der Waals surface area contributed by atoms with E-state index in [0.29, 0.717) is 16.6 Å². The Kier molecular flexibility index (Phi) is 5.65. The maximum absolute atomic E-state index is 11.9. The van der Waals surface area contributed by atoms with E-state index in [1.54, 1.807) is 12.1 Å². The van der Waals surface area contributed by atoms with Gasteiger partial charge in [0.2, 0.25) is 5.91 Å². The molecule has 0 aliphatic rings. The Hall–Kier alpha value is -0.770. The molecule has 1 aromatic carbocycles. The van der Waals surface area contributed by atoms with Gasteiger partial charge in [-0.1, -0.05) is 29.3 Å². The Balaban J connectivity index is 2.54. The molecule has 0 aliphatic carbocycles. The summed E-state index contributed by atoms with van der Waals surface area (Å²) in [4.78, 5) is 11.9. The molecule has 5 heteroatoms. The molecule has 19 heavy (non-hydrogen) atoms. The van der Waals surface area contributed by atoms with Crippen LogP contribution in [0.25, 0.3) is 0 Å². The van der Waals surface area contributed by atoms with Gasteiger partial charge in [0.25, 0.3) is 0 Å². The van der Waals surface area contributed by atoms with Gasteiger partial charge in [0.05, 0.1) is 6.04 Å². The highest BCUT2D eigenvalue weighted by atomic mass is 35.5. The topological polar surface area (TPSA) is 41.1 Å². The lowest BCUT2D eigenvalue weighted by atomic mass is 10.1. The third-order valence-corrected chi connectivity index (χ3v) is 3.09. The van der Waals surface area contributed by atoms with Crippen molar-refractivity contribution in [3.05, 3.63) is 33.8 Å². The summed E-state index contributed by atoms with van der Waals surface area (Å²) in [6, 6.07) is 5.04. The van der Waals surface area contributed by atoms with Gasteiger partial charge >= 0.3 is 0 Å². The Labute approximate surface area is 124 Å². The molecule has 0 radical (unpaired) electrons. The van der Waals surface area contributed by atoms with Crippen molar-refractivity contribution in [2.45, 2.75) is 45.8 Å². The lowest BCUT2D eigenvalue weighted by Crippen LogP contribution is -2.49. The normalized spacial score (nSPS) is 13.2. The van der Waals surface area contributed by atoms with Crippen molar-refractivity contribution in [3.8, 4) is 0 Å². The van der Waals surface area contributed by atoms with Gasteiger partial charge in [-0.05, 0) is 45.4 Å². The summed E-state index contributed by atoms with van der Waals surface area (Å²) in [6.45, 7) is 8.20. The van der Waals surface area contributed by atoms with Gasteiger partial charge in [0.1, 0.15) is 0 Å². The maximum Gasteiger partial charge on any atom is 0.237 e. The fourth-order valence-corrected chi connectivity index (χ4v) is 1.97. The molecular formula is C14H20Cl2N2O. The van der Waals surface area contributed by atoms with Gasteiger partial charge in [-0.25, -0.2) is 0 Å². The lowest BCUT2D eigenvalue weighted by Gasteiger charge is -2.23. The van der Waals surface area contributed by atoms with Crippen LogP contribution in [0, 0.1) is 0 Å². The van der Waals surface area contributed by atoms with Gasteiger partial charge in [0, 0.05) is 22.1 Å². The SMILES string of the molecule is CC(NCc1ccc(Cl)cc1Cl)C(=O)NC(C)(C)C. The molecule has 0 saturated carbocycles. The highest BCUT2D eigenvalue weighted by Crippen LogP contribution is 2.20. The van der Waals surface area contributed by atoms with E-state index in [4.69, 9.17) is 23.2 Å². The molecule has 1 amide bonds. The van der Waals surface area contributed by atoms with Crippen LogP contribution in [0.1, 0.15) is 33.3 Å². The Morgan fingerprint density at radius 1 is 1.32 bits per heavy atom. The first-order valence-corrected chi connectivity index (χ1v) is 6.94. The first-order chi connectivity index (χ1) is 8.69. The van der Waals surface area contributed by atoms with Crippen molar-refractivity contribution < 1.29 is 4.79 Å². The minimum absolute atomic E-state index is 0.0300. The fraction of sp³-hybridized carbons (Fsp3) is 0.500. The van der Waals surface area contributed by atoms with Crippen LogP contribution in [0.3, 0.4) is 0 Å². The van der Waals surface area contributed by atoms with E-state index in [1.165, 1.54) is 0 Å². The molecule has 3 nitrogen and oxygen atoms in total. The largest absolute Gasteiger partial charge is 0.350 e. The Bertz CT molecular complexity index is 455. The quantitative estimate of drug-likeness (QED) is 0.895. The smallest absolute Gasteiger partial charge is 0.237 e. The predicted octanol–water partition coefficient (Wildman–Crippen LogP) is 3.39. The third kappa shape index (κ3) is 5.81. The van der Waals surface area contributed by atoms with Crippen LogP contribution < -0.4 is 10.6 Å². The Morgan fingerprint density at radius 3 is 2.47 bits per heavy atom. The van der Waals surface area contributed by atoms with Crippen LogP contribution in [0.15, 0.2) is 18.2 Å². The zero-order chi connectivity index (χ0) is 14.6. The maximum atomic E-state index is 11.9. The first-order valence-electron chi connectivity index (χ1n) is 6.18. The van der Waals surface area contributed by atoms with Crippen LogP contribution >= 0.6 is 23.2 Å². The summed E-state index contributed by atoms with van der Waals surface area (Å²) in [5.74, 6) is -0.0300. The minimum Gasteiger partial charge on any atom is -0.350 e. The van der Waals surface area contributed by atoms with Crippen molar-refractivity contribution >= 4 is 29.1 Å². The molecule has 0 saturated heterocycles. The van der Waals surface area contributed by atoms with Crippen molar-refractivity contribution in [2.24, 2.45) is 0 Å². The number of hydrogen-bond donors (Lipinski definition) is 2. The van der Waals surface area contributed by atoms with E-state index in [-0.39, 0.29) is 17.5 Å². The summed E-state index contributed by atoms with van der Waals surface area (Å²) in [7, 11) is 0. The van der Waals surface area contributed by atoms with Crippen molar-refractivity contribution in [3.63, 3.8) is 0 Å². The second-order valence-electron chi connectivity index (χ2n) is 5.58. The molecule has 2 N–H and O–H groups in total. The zero-order valence-corrected chi connectivity index (χ0v) is 13.2. The molecule has 106 valence electrons. The average molecular weight is 303 g/mol. The van der Waals surface area contributed by atoms with Crippen molar-refractivity contribution in [2.75, 3.05) is 0 Å². The number of carbonyl (C=O) groups is 1. The lowest BCUT2D eigenvalue weighted by molar-refractivity contribution is -0.124. The summed E-state index contributed by atoms with van der Waals surface area (Å²) in [6.07, 6.45) is 0. The average Bonchev–Trinajstić information content (AvgIpc) is 2.25. The van der Waals surface area contributed by atoms with Crippen LogP contribution in [0.5, 0.6) is 0 Å². The summed E-state index contributed by atoms with van der Waals surface area (Å²) in [5, 5.41) is 7.27. The van der Waals surface area contributed by atoms with Crippen LogP contribution in [-0.4, -0.2) is 17.5 Å². The molecule has 1 unspecified atom stereocenters. The van der Waals surface area contributed by atoms with Gasteiger partial charge < -0.3 is 10.6 Å². The van der Waals surface area contributed by atoms with Crippen LogP contribution in [0.2, 0.25) is 10.0 Å². The van der Waals surface area contributed by atoms with Crippen molar-refractivity contribution in [1.82, 2.24) is 10.6 Å². The van der Waals surface area contributed by atoms with Gasteiger partial charge in [-0.2, -0.15) is 0 Å². The molecule has 0 aromatic heterocycles. The number of hydrogen-bond acceptors (Lipinski definition) is 2. The molecule has 1 aromatic rings. The third-order valence-electron chi connectivity index (χ3n) is 2.51. The fourth-order valence-electron chi connectivity index (χ4n) is 1.50. The summed E-state index contributed by atoms with van der Waals surface area (Å²) >= 11 is 11.9. The minimum atomic E-state index is -0.286. The van der Waals surface area contributed by atoms with E-state index in [1.807, 2.05) is 33.8 Å². The van der Waals surface area contributed by atoms with E-state index in [2.05, 4.69) is 10.6 Å². The molecule has 0 heterocycles. The molecule has 1 rings (SSSR count). The van der Waals surface area contributed by atoms with Gasteiger partial charge in [-0.3, -0.25) is 4.79 Å². The first kappa shape index (κ1) is 16.3. The molecule has 1 atom stereocenters. The molecular weight excluding hydrogens is 283 g/mol. The number of rotatable bonds is 4. The number of carbonyl (C=O) groups excluding carboxylic acids is 1. The number of benzene rings is 1. The molecule has 0 fully saturated rings. The molecule has 0 aliphatic heterocycles. The van der Waals surface area contributed by atoms with E-state index in [0.717, 1.165) is 5.56 Å². The van der Waals surface area contributed by atoms with E-state index < -0.39 is 0 Å². The summed E-state index contributed by atoms with van der Waals surface area (Å²) in [5.41, 5.74) is 0.687. The van der Waals surface area contributed by atoms with E-state index >= 15 is 0 Å². The second kappa shape index (κ2) is 6.60. The zero-order valence-electron chi connectivity index (χ0n) is 11.7. The second-order valence-corrected chi connectivity index (χ2v) is 6.42. The van der Waals surface area contributed by atoms with Crippen LogP contribution in [-0.2, 0) is 11.3 Å². The van der Waals surface area contributed by atoms with Crippen LogP contribution in [0.4, 0.5) is 0 Å². The number of amides is 1. The standard InChI is InChI=1S/C14H20Cl2N2O/c1-9(13(19)18-14(2,3)4)17-8-10-5-6-11(15)7-12(10)16/h5-7,9,17H,8H2,1-4H3,(H,18,19). The highest BCUT2D eigenvalue weighted by Gasteiger charge is 2.18. The Morgan fingerprint density at radius 2 is 1.95 bits per heavy atom. The molecule has 0 spiro atoms. The van der Waals surface area contributed by atoms with Gasteiger partial charge in [-0.15, -0.1) is 0 Å². The molecule has 0 bridgehead atoms. The number of halogens is 2. The monoisotopic (exact) mass is 302 g/mol.